The Kier molecular flexibility index (Phi) is 5.07. The van der Waals surface area contributed by atoms with Gasteiger partial charge in [-0.25, -0.2) is 0 Å². The summed E-state index contributed by atoms with van der Waals surface area (Å²) in [6, 6.07) is 18.8. The van der Waals surface area contributed by atoms with E-state index in [4.69, 9.17) is 0 Å². The first-order chi connectivity index (χ1) is 9.84. The van der Waals surface area contributed by atoms with Crippen LogP contribution in [0.25, 0.3) is 0 Å². The van der Waals surface area contributed by atoms with Gasteiger partial charge in [0.25, 0.3) is 0 Å². The maximum Gasteiger partial charge on any atom is 0.164 e. The molecular formula is C17H18IO2P. The summed E-state index contributed by atoms with van der Waals surface area (Å²) in [5.74, 6) is 1.72. The molecule has 0 aliphatic rings. The molecule has 0 unspecified atom stereocenters. The molecule has 0 amide bonds. The van der Waals surface area contributed by atoms with Crippen LogP contribution in [0, 0.1) is 0 Å². The summed E-state index contributed by atoms with van der Waals surface area (Å²) in [7, 11) is -2.91. The van der Waals surface area contributed by atoms with Gasteiger partial charge < -0.3 is 9.67 Å². The van der Waals surface area contributed by atoms with E-state index >= 15 is 0 Å². The van der Waals surface area contributed by atoms with Gasteiger partial charge in [0.2, 0.25) is 0 Å². The predicted octanol–water partition coefficient (Wildman–Crippen LogP) is 4.05. The minimum atomic E-state index is -2.91. The average molecular weight is 412 g/mol. The van der Waals surface area contributed by atoms with E-state index < -0.39 is 12.7 Å². The van der Waals surface area contributed by atoms with Crippen LogP contribution >= 0.6 is 29.7 Å². The zero-order chi connectivity index (χ0) is 15.5. The topological polar surface area (TPSA) is 37.3 Å². The van der Waals surface area contributed by atoms with Crippen LogP contribution in [0.5, 0.6) is 0 Å². The SMILES string of the molecule is CC(C)(O)/C(I)=C\P(=O)(c1ccccc1)c1ccccc1. The van der Waals surface area contributed by atoms with Crippen molar-refractivity contribution in [2.75, 3.05) is 0 Å². The van der Waals surface area contributed by atoms with Gasteiger partial charge in [0, 0.05) is 14.2 Å². The van der Waals surface area contributed by atoms with Crippen LogP contribution in [0.2, 0.25) is 0 Å². The van der Waals surface area contributed by atoms with Gasteiger partial charge in [-0.3, -0.25) is 0 Å². The van der Waals surface area contributed by atoms with Crippen molar-refractivity contribution in [3.8, 4) is 0 Å². The van der Waals surface area contributed by atoms with Gasteiger partial charge in [-0.15, -0.1) is 0 Å². The molecule has 4 heteroatoms. The molecule has 0 fully saturated rings. The quantitative estimate of drug-likeness (QED) is 0.608. The summed E-state index contributed by atoms with van der Waals surface area (Å²) in [6.45, 7) is 3.40. The number of hydrogen-bond donors (Lipinski definition) is 1. The highest BCUT2D eigenvalue weighted by molar-refractivity contribution is 14.1. The third-order valence-corrected chi connectivity index (χ3v) is 8.04. The largest absolute Gasteiger partial charge is 0.385 e. The normalized spacial score (nSPS) is 13.2. The molecule has 2 nitrogen and oxygen atoms in total. The van der Waals surface area contributed by atoms with Gasteiger partial charge >= 0.3 is 0 Å². The Morgan fingerprint density at radius 3 is 1.71 bits per heavy atom. The van der Waals surface area contributed by atoms with E-state index in [0.717, 1.165) is 10.6 Å². The molecule has 0 saturated heterocycles. The Balaban J connectivity index is 2.65. The fraction of sp³-hybridized carbons (Fsp3) is 0.176. The second kappa shape index (κ2) is 6.47. The van der Waals surface area contributed by atoms with Crippen LogP contribution in [0.4, 0.5) is 0 Å². The highest BCUT2D eigenvalue weighted by Crippen LogP contribution is 2.48. The van der Waals surface area contributed by atoms with Crippen molar-refractivity contribution in [2.45, 2.75) is 19.4 Å². The standard InChI is InChI=1S/C17H18IO2P/c1-17(2,19)16(18)13-21(20,14-9-5-3-6-10-14)15-11-7-4-8-12-15/h3-13,19H,1-2H3/b16-13+. The highest BCUT2D eigenvalue weighted by atomic mass is 127. The summed E-state index contributed by atoms with van der Waals surface area (Å²) in [5.41, 5.74) is -1.00. The molecule has 0 spiro atoms. The van der Waals surface area contributed by atoms with Crippen molar-refractivity contribution in [2.24, 2.45) is 0 Å². The molecule has 2 aromatic rings. The smallest absolute Gasteiger partial charge is 0.164 e. The van der Waals surface area contributed by atoms with E-state index in [2.05, 4.69) is 22.6 Å². The second-order valence-corrected chi connectivity index (χ2v) is 9.13. The lowest BCUT2D eigenvalue weighted by Gasteiger charge is -2.21. The lowest BCUT2D eigenvalue weighted by Crippen LogP contribution is -2.20. The monoisotopic (exact) mass is 412 g/mol. The summed E-state index contributed by atoms with van der Waals surface area (Å²) in [6.07, 6.45) is 0. The van der Waals surface area contributed by atoms with Crippen LogP contribution in [0.15, 0.2) is 70.1 Å². The van der Waals surface area contributed by atoms with Crippen LogP contribution in [-0.2, 0) is 4.57 Å². The van der Waals surface area contributed by atoms with Gasteiger partial charge in [0.1, 0.15) is 0 Å². The first-order valence-electron chi connectivity index (χ1n) is 6.66. The molecule has 0 aromatic heterocycles. The Bertz CT molecular complexity index is 629. The summed E-state index contributed by atoms with van der Waals surface area (Å²) >= 11 is 2.07. The van der Waals surface area contributed by atoms with Gasteiger partial charge in [0.05, 0.1) is 5.60 Å². The molecule has 21 heavy (non-hydrogen) atoms. The molecule has 110 valence electrons. The van der Waals surface area contributed by atoms with Crippen molar-refractivity contribution >= 4 is 40.3 Å². The number of aliphatic hydroxyl groups is 1. The summed E-state index contributed by atoms with van der Waals surface area (Å²) in [5, 5.41) is 11.7. The predicted molar refractivity (Wildman–Crippen MR) is 98.2 cm³/mol. The minimum Gasteiger partial charge on any atom is -0.385 e. The van der Waals surface area contributed by atoms with Gasteiger partial charge in [-0.2, -0.15) is 0 Å². The van der Waals surface area contributed by atoms with Crippen LogP contribution < -0.4 is 10.6 Å². The third kappa shape index (κ3) is 3.85. The van der Waals surface area contributed by atoms with Gasteiger partial charge in [0.15, 0.2) is 7.14 Å². The number of hydrogen-bond acceptors (Lipinski definition) is 2. The van der Waals surface area contributed by atoms with Crippen molar-refractivity contribution < 1.29 is 9.67 Å². The van der Waals surface area contributed by atoms with Crippen LogP contribution in [-0.4, -0.2) is 10.7 Å². The highest BCUT2D eigenvalue weighted by Gasteiger charge is 2.28. The fourth-order valence-corrected chi connectivity index (χ4v) is 5.55. The fourth-order valence-electron chi connectivity index (χ4n) is 1.91. The molecule has 0 heterocycles. The van der Waals surface area contributed by atoms with Crippen LogP contribution in [0.3, 0.4) is 0 Å². The Labute approximate surface area is 139 Å². The molecule has 0 bridgehead atoms. The molecule has 0 radical (unpaired) electrons. The Hall–Kier alpha value is -0.900. The molecular weight excluding hydrogens is 394 g/mol. The zero-order valence-corrected chi connectivity index (χ0v) is 15.1. The molecule has 0 atom stereocenters. The Morgan fingerprint density at radius 2 is 1.38 bits per heavy atom. The third-order valence-electron chi connectivity index (χ3n) is 3.16. The number of rotatable bonds is 4. The molecule has 0 aliphatic carbocycles. The van der Waals surface area contributed by atoms with E-state index in [1.807, 2.05) is 60.7 Å². The van der Waals surface area contributed by atoms with Gasteiger partial charge in [-0.05, 0) is 42.3 Å². The van der Waals surface area contributed by atoms with Crippen molar-refractivity contribution in [3.05, 3.63) is 70.1 Å². The van der Waals surface area contributed by atoms with Crippen molar-refractivity contribution in [3.63, 3.8) is 0 Å². The maximum atomic E-state index is 13.7. The van der Waals surface area contributed by atoms with Crippen molar-refractivity contribution in [1.29, 1.82) is 0 Å². The lowest BCUT2D eigenvalue weighted by atomic mass is 10.1. The Morgan fingerprint density at radius 1 is 1.00 bits per heavy atom. The summed E-state index contributed by atoms with van der Waals surface area (Å²) in [4.78, 5) is 0. The number of halogens is 1. The maximum absolute atomic E-state index is 13.7. The zero-order valence-electron chi connectivity index (χ0n) is 12.0. The molecule has 0 saturated carbocycles. The molecule has 1 N–H and O–H groups in total. The van der Waals surface area contributed by atoms with E-state index in [1.54, 1.807) is 19.7 Å². The number of benzene rings is 2. The first-order valence-corrected chi connectivity index (χ1v) is 9.52. The van der Waals surface area contributed by atoms with Crippen LogP contribution in [0.1, 0.15) is 13.8 Å². The van der Waals surface area contributed by atoms with E-state index in [9.17, 15) is 9.67 Å². The second-order valence-electron chi connectivity index (χ2n) is 5.37. The lowest BCUT2D eigenvalue weighted by molar-refractivity contribution is 0.131. The van der Waals surface area contributed by atoms with Gasteiger partial charge in [-0.1, -0.05) is 60.7 Å². The van der Waals surface area contributed by atoms with E-state index in [-0.39, 0.29) is 0 Å². The average Bonchev–Trinajstić information content (AvgIpc) is 2.48. The van der Waals surface area contributed by atoms with Crippen molar-refractivity contribution in [1.82, 2.24) is 0 Å². The summed E-state index contributed by atoms with van der Waals surface area (Å²) < 4.78 is 14.4. The molecule has 0 aliphatic heterocycles. The minimum absolute atomic E-state index is 0.677. The van der Waals surface area contributed by atoms with E-state index in [1.165, 1.54) is 0 Å². The molecule has 2 aromatic carbocycles. The van der Waals surface area contributed by atoms with E-state index in [0.29, 0.717) is 3.58 Å². The molecule has 2 rings (SSSR count). The first kappa shape index (κ1) is 16.5.